The van der Waals surface area contributed by atoms with Gasteiger partial charge in [-0.25, -0.2) is 0 Å². The largest absolute Gasteiger partial charge is 0.303 e. The second-order valence-electron chi connectivity index (χ2n) is 3.56. The molecule has 0 fully saturated rings. The minimum absolute atomic E-state index is 0.745. The minimum atomic E-state index is 0.745. The van der Waals surface area contributed by atoms with Gasteiger partial charge in [0.1, 0.15) is 0 Å². The number of hydrogen-bond donors (Lipinski definition) is 1. The van der Waals surface area contributed by atoms with Crippen LogP contribution in [0.15, 0.2) is 0 Å². The van der Waals surface area contributed by atoms with E-state index in [9.17, 15) is 4.79 Å². The van der Waals surface area contributed by atoms with Gasteiger partial charge in [-0.15, -0.1) is 0 Å². The van der Waals surface area contributed by atoms with Crippen molar-refractivity contribution < 1.29 is 4.79 Å². The zero-order valence-corrected chi connectivity index (χ0v) is 10.1. The third-order valence-corrected chi connectivity index (χ3v) is 2.99. The van der Waals surface area contributed by atoms with E-state index in [0.717, 1.165) is 12.2 Å². The lowest BCUT2D eigenvalue weighted by Crippen LogP contribution is -1.99. The molecule has 1 amide bonds. The Hall–Kier alpha value is -0.180. The summed E-state index contributed by atoms with van der Waals surface area (Å²) in [6.45, 7) is 2.25. The average molecular weight is 217 g/mol. The van der Waals surface area contributed by atoms with Crippen LogP contribution in [0.3, 0.4) is 0 Å². The SMILES string of the molecule is CCCCCCCCCCSNC=O. The van der Waals surface area contributed by atoms with Gasteiger partial charge in [0.25, 0.3) is 0 Å². The molecule has 0 atom stereocenters. The Morgan fingerprint density at radius 2 is 1.57 bits per heavy atom. The maximum Gasteiger partial charge on any atom is 0.216 e. The average Bonchev–Trinajstić information content (AvgIpc) is 2.21. The van der Waals surface area contributed by atoms with Crippen molar-refractivity contribution in [1.82, 2.24) is 4.72 Å². The first-order valence-electron chi connectivity index (χ1n) is 5.72. The van der Waals surface area contributed by atoms with Crippen molar-refractivity contribution in [2.75, 3.05) is 5.75 Å². The second-order valence-corrected chi connectivity index (χ2v) is 4.49. The summed E-state index contributed by atoms with van der Waals surface area (Å²) in [6, 6.07) is 0. The van der Waals surface area contributed by atoms with Crippen molar-refractivity contribution in [2.24, 2.45) is 0 Å². The molecule has 2 nitrogen and oxygen atoms in total. The normalized spacial score (nSPS) is 10.1. The van der Waals surface area contributed by atoms with Crippen LogP contribution in [0.4, 0.5) is 0 Å². The van der Waals surface area contributed by atoms with Crippen LogP contribution in [0.25, 0.3) is 0 Å². The molecule has 0 aliphatic rings. The molecule has 84 valence electrons. The summed E-state index contributed by atoms with van der Waals surface area (Å²) in [7, 11) is 0. The predicted molar refractivity (Wildman–Crippen MR) is 64.3 cm³/mol. The van der Waals surface area contributed by atoms with Gasteiger partial charge in [-0.3, -0.25) is 4.79 Å². The molecule has 0 heterocycles. The van der Waals surface area contributed by atoms with E-state index in [1.807, 2.05) is 0 Å². The summed E-state index contributed by atoms with van der Waals surface area (Å²) in [5, 5.41) is 0. The van der Waals surface area contributed by atoms with Crippen LogP contribution in [-0.2, 0) is 4.79 Å². The Kier molecular flexibility index (Phi) is 12.7. The van der Waals surface area contributed by atoms with E-state index >= 15 is 0 Å². The first-order chi connectivity index (χ1) is 6.91. The number of carbonyl (C=O) groups excluding carboxylic acids is 1. The van der Waals surface area contributed by atoms with Crippen molar-refractivity contribution in [3.63, 3.8) is 0 Å². The van der Waals surface area contributed by atoms with E-state index in [0.29, 0.717) is 0 Å². The third kappa shape index (κ3) is 11.8. The molecule has 0 bridgehead atoms. The molecule has 3 heteroatoms. The van der Waals surface area contributed by atoms with Crippen LogP contribution in [-0.4, -0.2) is 12.2 Å². The van der Waals surface area contributed by atoms with E-state index < -0.39 is 0 Å². The maximum absolute atomic E-state index is 9.91. The highest BCUT2D eigenvalue weighted by Gasteiger charge is 1.91. The summed E-state index contributed by atoms with van der Waals surface area (Å²) in [6.07, 6.45) is 11.5. The topological polar surface area (TPSA) is 29.1 Å². The molecule has 0 aromatic rings. The number of nitrogens with one attached hydrogen (secondary N) is 1. The number of carbonyl (C=O) groups is 1. The lowest BCUT2D eigenvalue weighted by Gasteiger charge is -2.00. The van der Waals surface area contributed by atoms with E-state index in [2.05, 4.69) is 11.6 Å². The highest BCUT2D eigenvalue weighted by Crippen LogP contribution is 2.09. The van der Waals surface area contributed by atoms with Gasteiger partial charge in [-0.2, -0.15) is 0 Å². The molecule has 0 aliphatic heterocycles. The monoisotopic (exact) mass is 217 g/mol. The molecule has 0 aromatic carbocycles. The van der Waals surface area contributed by atoms with E-state index in [-0.39, 0.29) is 0 Å². The molecule has 14 heavy (non-hydrogen) atoms. The molecule has 0 saturated carbocycles. The van der Waals surface area contributed by atoms with E-state index in [1.165, 1.54) is 63.3 Å². The van der Waals surface area contributed by atoms with Gasteiger partial charge in [-0.1, -0.05) is 63.8 Å². The smallest absolute Gasteiger partial charge is 0.216 e. The maximum atomic E-state index is 9.91. The van der Waals surface area contributed by atoms with Crippen LogP contribution >= 0.6 is 11.9 Å². The summed E-state index contributed by atoms with van der Waals surface area (Å²) >= 11 is 1.51. The first-order valence-corrected chi connectivity index (χ1v) is 6.71. The number of unbranched alkanes of at least 4 members (excludes halogenated alkanes) is 7. The fourth-order valence-corrected chi connectivity index (χ4v) is 1.94. The molecule has 0 unspecified atom stereocenters. The Morgan fingerprint density at radius 1 is 1.00 bits per heavy atom. The lowest BCUT2D eigenvalue weighted by molar-refractivity contribution is -0.107. The first kappa shape index (κ1) is 13.8. The zero-order valence-electron chi connectivity index (χ0n) is 9.26. The molecule has 0 aliphatic carbocycles. The van der Waals surface area contributed by atoms with Crippen LogP contribution in [0.5, 0.6) is 0 Å². The number of amides is 1. The number of rotatable bonds is 11. The molecule has 0 rings (SSSR count). The minimum Gasteiger partial charge on any atom is -0.303 e. The Bertz CT molecular complexity index is 120. The molecular weight excluding hydrogens is 194 g/mol. The summed E-state index contributed by atoms with van der Waals surface area (Å²) in [5.41, 5.74) is 0. The molecular formula is C11H23NOS. The fraction of sp³-hybridized carbons (Fsp3) is 0.909. The van der Waals surface area contributed by atoms with Crippen LogP contribution in [0, 0.1) is 0 Å². The summed E-state index contributed by atoms with van der Waals surface area (Å²) in [5.74, 6) is 1.05. The Balaban J connectivity index is 2.81. The van der Waals surface area contributed by atoms with Crippen molar-refractivity contribution in [2.45, 2.75) is 58.3 Å². The van der Waals surface area contributed by atoms with Gasteiger partial charge < -0.3 is 4.72 Å². The molecule has 0 spiro atoms. The third-order valence-electron chi connectivity index (χ3n) is 2.23. The van der Waals surface area contributed by atoms with Gasteiger partial charge >= 0.3 is 0 Å². The van der Waals surface area contributed by atoms with Gasteiger partial charge in [0, 0.05) is 5.75 Å². The lowest BCUT2D eigenvalue weighted by atomic mass is 10.1. The van der Waals surface area contributed by atoms with Crippen LogP contribution < -0.4 is 4.72 Å². The molecule has 1 N–H and O–H groups in total. The van der Waals surface area contributed by atoms with Gasteiger partial charge in [0.2, 0.25) is 6.41 Å². The van der Waals surface area contributed by atoms with Crippen molar-refractivity contribution in [1.29, 1.82) is 0 Å². The second kappa shape index (κ2) is 12.8. The summed E-state index contributed by atoms with van der Waals surface area (Å²) in [4.78, 5) is 9.91. The van der Waals surface area contributed by atoms with Gasteiger partial charge in [0.15, 0.2) is 0 Å². The zero-order chi connectivity index (χ0) is 10.5. The van der Waals surface area contributed by atoms with Crippen molar-refractivity contribution in [3.05, 3.63) is 0 Å². The highest BCUT2D eigenvalue weighted by molar-refractivity contribution is 7.97. The number of hydrogen-bond acceptors (Lipinski definition) is 2. The molecule has 0 aromatic heterocycles. The van der Waals surface area contributed by atoms with Crippen molar-refractivity contribution in [3.8, 4) is 0 Å². The van der Waals surface area contributed by atoms with Crippen molar-refractivity contribution >= 4 is 18.4 Å². The fourth-order valence-electron chi connectivity index (χ4n) is 1.40. The van der Waals surface area contributed by atoms with E-state index in [4.69, 9.17) is 0 Å². The van der Waals surface area contributed by atoms with Crippen LogP contribution in [0.2, 0.25) is 0 Å². The highest BCUT2D eigenvalue weighted by atomic mass is 32.2. The predicted octanol–water partition coefficient (Wildman–Crippen LogP) is 3.52. The Morgan fingerprint density at radius 3 is 2.14 bits per heavy atom. The van der Waals surface area contributed by atoms with E-state index in [1.54, 1.807) is 0 Å². The molecule has 0 radical (unpaired) electrons. The quantitative estimate of drug-likeness (QED) is 0.326. The molecule has 0 saturated heterocycles. The Labute approximate surface area is 92.4 Å². The van der Waals surface area contributed by atoms with Gasteiger partial charge in [0.05, 0.1) is 0 Å². The van der Waals surface area contributed by atoms with Crippen LogP contribution in [0.1, 0.15) is 58.3 Å². The standard InChI is InChI=1S/C11H23NOS/c1-2-3-4-5-6-7-8-9-10-14-12-11-13/h11H,2-10H2,1H3,(H,12,13). The summed E-state index contributed by atoms with van der Waals surface area (Å²) < 4.78 is 2.60. The van der Waals surface area contributed by atoms with Gasteiger partial charge in [-0.05, 0) is 6.42 Å².